The topological polar surface area (TPSA) is 88.1 Å². The molecule has 1 aliphatic rings. The van der Waals surface area contributed by atoms with E-state index in [-0.39, 0.29) is 0 Å². The Morgan fingerprint density at radius 1 is 1.10 bits per heavy atom. The van der Waals surface area contributed by atoms with Crippen LogP contribution in [0.2, 0.25) is 0 Å². The van der Waals surface area contributed by atoms with Crippen molar-refractivity contribution in [3.05, 3.63) is 77.9 Å². The number of carbonyl (C=O) groups is 3. The first kappa shape index (κ1) is 21.0. The molecule has 0 aromatic heterocycles. The van der Waals surface area contributed by atoms with Gasteiger partial charge in [-0.3, -0.25) is 9.59 Å². The molecule has 0 saturated heterocycles. The second-order valence-electron chi connectivity index (χ2n) is 6.76. The number of hydrogen-bond donors (Lipinski definition) is 1. The molecule has 0 spiro atoms. The van der Waals surface area contributed by atoms with Gasteiger partial charge in [0.15, 0.2) is 6.61 Å². The Balaban J connectivity index is 1.44. The average Bonchev–Trinajstić information content (AvgIpc) is 3.27. The second kappa shape index (κ2) is 10.2. The lowest BCUT2D eigenvalue weighted by Gasteiger charge is -2.14. The third-order valence-electron chi connectivity index (χ3n) is 4.47. The Kier molecular flexibility index (Phi) is 7.10. The third kappa shape index (κ3) is 5.88. The van der Waals surface area contributed by atoms with Gasteiger partial charge in [-0.05, 0) is 24.1 Å². The zero-order valence-corrected chi connectivity index (χ0v) is 16.7. The largest absolute Gasteiger partial charge is 0.454 e. The van der Waals surface area contributed by atoms with Crippen LogP contribution in [0.15, 0.2) is 71.8 Å². The van der Waals surface area contributed by atoms with Crippen LogP contribution in [0.4, 0.5) is 0 Å². The van der Waals surface area contributed by atoms with Gasteiger partial charge in [0.05, 0.1) is 12.3 Å². The van der Waals surface area contributed by atoms with Crippen LogP contribution >= 0.6 is 0 Å². The molecule has 0 fully saturated rings. The molecule has 1 aliphatic heterocycles. The van der Waals surface area contributed by atoms with Crippen molar-refractivity contribution in [3.63, 3.8) is 0 Å². The van der Waals surface area contributed by atoms with Crippen molar-refractivity contribution in [2.24, 2.45) is 5.10 Å². The maximum Gasteiger partial charge on any atom is 0.328 e. The normalized spacial score (nSPS) is 14.3. The average molecular weight is 405 g/mol. The summed E-state index contributed by atoms with van der Waals surface area (Å²) in [5, 5.41) is 8.14. The minimum atomic E-state index is -0.882. The Hall–Kier alpha value is -3.74. The zero-order chi connectivity index (χ0) is 21.3. The number of hydrazone groups is 1. The highest BCUT2D eigenvalue weighted by molar-refractivity contribution is 6.02. The lowest BCUT2D eigenvalue weighted by Crippen LogP contribution is -2.40. The first-order valence-corrected chi connectivity index (χ1v) is 9.66. The molecule has 0 aliphatic carbocycles. The molecule has 3 rings (SSSR count). The fourth-order valence-electron chi connectivity index (χ4n) is 2.86. The monoisotopic (exact) mass is 405 g/mol. The van der Waals surface area contributed by atoms with Gasteiger partial charge >= 0.3 is 5.97 Å². The minimum absolute atomic E-state index is 0.406. The van der Waals surface area contributed by atoms with E-state index in [0.29, 0.717) is 13.0 Å². The van der Waals surface area contributed by atoms with Crippen molar-refractivity contribution < 1.29 is 19.1 Å². The Morgan fingerprint density at radius 3 is 2.47 bits per heavy atom. The van der Waals surface area contributed by atoms with E-state index in [2.05, 4.69) is 10.4 Å². The van der Waals surface area contributed by atoms with Crippen LogP contribution in [0.3, 0.4) is 0 Å². The van der Waals surface area contributed by atoms with Crippen molar-refractivity contribution in [2.75, 3.05) is 13.2 Å². The highest BCUT2D eigenvalue weighted by atomic mass is 16.5. The van der Waals surface area contributed by atoms with Gasteiger partial charge in [0.2, 0.25) is 5.91 Å². The Morgan fingerprint density at radius 2 is 1.77 bits per heavy atom. The van der Waals surface area contributed by atoms with Gasteiger partial charge < -0.3 is 10.1 Å². The minimum Gasteiger partial charge on any atom is -0.454 e. The number of benzene rings is 2. The van der Waals surface area contributed by atoms with Crippen molar-refractivity contribution in [2.45, 2.75) is 19.4 Å². The summed E-state index contributed by atoms with van der Waals surface area (Å²) in [4.78, 5) is 36.3. The van der Waals surface area contributed by atoms with E-state index in [4.69, 9.17) is 4.74 Å². The molecule has 7 nitrogen and oxygen atoms in total. The van der Waals surface area contributed by atoms with Crippen LogP contribution < -0.4 is 5.32 Å². The van der Waals surface area contributed by atoms with Gasteiger partial charge in [-0.1, -0.05) is 60.7 Å². The fourth-order valence-corrected chi connectivity index (χ4v) is 2.86. The summed E-state index contributed by atoms with van der Waals surface area (Å²) in [7, 11) is 0. The molecular formula is C23H23N3O4. The quantitative estimate of drug-likeness (QED) is 0.566. The summed E-state index contributed by atoms with van der Waals surface area (Å²) in [5.74, 6) is -1.51. The van der Waals surface area contributed by atoms with E-state index in [0.717, 1.165) is 16.8 Å². The van der Waals surface area contributed by atoms with Crippen molar-refractivity contribution >= 4 is 29.6 Å². The molecule has 0 bridgehead atoms. The van der Waals surface area contributed by atoms with Crippen LogP contribution in [-0.4, -0.2) is 47.7 Å². The second-order valence-corrected chi connectivity index (χ2v) is 6.76. The Bertz CT molecular complexity index is 955. The lowest BCUT2D eigenvalue weighted by atomic mass is 10.1. The summed E-state index contributed by atoms with van der Waals surface area (Å²) in [5.41, 5.74) is 2.65. The number of hydrogen-bond acceptors (Lipinski definition) is 5. The summed E-state index contributed by atoms with van der Waals surface area (Å²) >= 11 is 0. The van der Waals surface area contributed by atoms with Gasteiger partial charge in [-0.2, -0.15) is 5.10 Å². The van der Waals surface area contributed by atoms with E-state index in [1.54, 1.807) is 6.08 Å². The first-order valence-electron chi connectivity index (χ1n) is 9.66. The molecule has 1 N–H and O–H groups in total. The van der Waals surface area contributed by atoms with Crippen LogP contribution in [-0.2, 0) is 19.1 Å². The van der Waals surface area contributed by atoms with Gasteiger partial charge in [0.25, 0.3) is 5.91 Å². The highest BCUT2D eigenvalue weighted by Crippen LogP contribution is 2.13. The predicted molar refractivity (Wildman–Crippen MR) is 113 cm³/mol. The molecule has 2 aromatic carbocycles. The number of esters is 1. The molecule has 2 amide bonds. The van der Waals surface area contributed by atoms with Gasteiger partial charge in [0, 0.05) is 12.5 Å². The van der Waals surface area contributed by atoms with Crippen LogP contribution in [0.25, 0.3) is 6.08 Å². The van der Waals surface area contributed by atoms with E-state index in [9.17, 15) is 14.4 Å². The van der Waals surface area contributed by atoms with Crippen molar-refractivity contribution in [1.29, 1.82) is 0 Å². The molecule has 154 valence electrons. The SMILES string of the molecule is C[C@H](NC(=O)/C=C/c1ccccc1)C(=O)OCC(=O)N1CCC(c2ccccc2)=N1. The van der Waals surface area contributed by atoms with Gasteiger partial charge in [-0.15, -0.1) is 0 Å². The number of nitrogens with zero attached hydrogens (tertiary/aromatic N) is 2. The Labute approximate surface area is 175 Å². The number of carbonyl (C=O) groups excluding carboxylic acids is 3. The van der Waals surface area contributed by atoms with E-state index < -0.39 is 30.4 Å². The molecule has 30 heavy (non-hydrogen) atoms. The number of ether oxygens (including phenoxy) is 1. The van der Waals surface area contributed by atoms with Crippen LogP contribution in [0.5, 0.6) is 0 Å². The standard InChI is InChI=1S/C23H23N3O4/c1-17(24-21(27)13-12-18-8-4-2-5-9-18)23(29)30-16-22(28)26-15-14-20(25-26)19-10-6-3-7-11-19/h2-13,17H,14-16H2,1H3,(H,24,27)/b13-12+/t17-/m0/s1. The maximum atomic E-state index is 12.3. The third-order valence-corrected chi connectivity index (χ3v) is 4.47. The van der Waals surface area contributed by atoms with Crippen molar-refractivity contribution in [1.82, 2.24) is 10.3 Å². The molecule has 7 heteroatoms. The van der Waals surface area contributed by atoms with E-state index in [1.165, 1.54) is 18.0 Å². The zero-order valence-electron chi connectivity index (χ0n) is 16.7. The smallest absolute Gasteiger partial charge is 0.328 e. The fraction of sp³-hybridized carbons (Fsp3) is 0.217. The molecule has 1 atom stereocenters. The van der Waals surface area contributed by atoms with Crippen LogP contribution in [0, 0.1) is 0 Å². The number of amides is 2. The van der Waals surface area contributed by atoms with E-state index >= 15 is 0 Å². The number of rotatable bonds is 7. The molecule has 1 heterocycles. The highest BCUT2D eigenvalue weighted by Gasteiger charge is 2.24. The maximum absolute atomic E-state index is 12.3. The van der Waals surface area contributed by atoms with E-state index in [1.807, 2.05) is 60.7 Å². The molecular weight excluding hydrogens is 382 g/mol. The lowest BCUT2D eigenvalue weighted by molar-refractivity contribution is -0.153. The summed E-state index contributed by atoms with van der Waals surface area (Å²) in [6, 6.07) is 18.0. The molecule has 0 radical (unpaired) electrons. The predicted octanol–water partition coefficient (Wildman–Crippen LogP) is 2.38. The molecule has 0 unspecified atom stereocenters. The van der Waals surface area contributed by atoms with Crippen molar-refractivity contribution in [3.8, 4) is 0 Å². The molecule has 0 saturated carbocycles. The summed E-state index contributed by atoms with van der Waals surface area (Å²) in [6.45, 7) is 1.52. The summed E-state index contributed by atoms with van der Waals surface area (Å²) in [6.07, 6.45) is 3.63. The summed E-state index contributed by atoms with van der Waals surface area (Å²) < 4.78 is 5.04. The van der Waals surface area contributed by atoms with Gasteiger partial charge in [0.1, 0.15) is 6.04 Å². The first-order chi connectivity index (χ1) is 14.5. The molecule has 2 aromatic rings. The number of nitrogens with one attached hydrogen (secondary N) is 1. The van der Waals surface area contributed by atoms with Gasteiger partial charge in [-0.25, -0.2) is 9.80 Å². The van der Waals surface area contributed by atoms with Crippen LogP contribution in [0.1, 0.15) is 24.5 Å².